The summed E-state index contributed by atoms with van der Waals surface area (Å²) in [4.78, 5) is 21.3. The van der Waals surface area contributed by atoms with Gasteiger partial charge in [0.1, 0.15) is 11.1 Å². The van der Waals surface area contributed by atoms with Crippen molar-refractivity contribution >= 4 is 82.5 Å². The minimum Gasteiger partial charge on any atom is -0.438 e. The van der Waals surface area contributed by atoms with Crippen molar-refractivity contribution in [1.82, 2.24) is 19.9 Å². The lowest BCUT2D eigenvalue weighted by molar-refractivity contribution is 0.620. The number of benzene rings is 8. The minimum absolute atomic E-state index is 0.575. The van der Waals surface area contributed by atoms with Gasteiger partial charge in [0.05, 0.1) is 11.1 Å². The van der Waals surface area contributed by atoms with Crippen molar-refractivity contribution in [1.29, 1.82) is 0 Å². The summed E-state index contributed by atoms with van der Waals surface area (Å²) in [6, 6.07) is 60.7. The molecule has 12 aromatic rings. The summed E-state index contributed by atoms with van der Waals surface area (Å²) in [5, 5.41) is 8.92. The molecule has 7 heteroatoms. The third-order valence-corrected chi connectivity index (χ3v) is 11.2. The minimum atomic E-state index is 0.575. The van der Waals surface area contributed by atoms with Crippen LogP contribution in [0.15, 0.2) is 197 Å². The number of para-hydroxylation sites is 3. The zero-order chi connectivity index (χ0) is 38.9. The maximum Gasteiger partial charge on any atom is 0.230 e. The molecule has 0 radical (unpaired) electrons. The van der Waals surface area contributed by atoms with Gasteiger partial charge in [-0.15, -0.1) is 0 Å². The first-order chi connectivity index (χ1) is 29.2. The lowest BCUT2D eigenvalue weighted by Crippen LogP contribution is -2.10. The van der Waals surface area contributed by atoms with E-state index in [0.717, 1.165) is 77.7 Å². The molecule has 276 valence electrons. The number of oxazole rings is 1. The molecule has 0 saturated carbocycles. The number of aromatic nitrogens is 4. The summed E-state index contributed by atoms with van der Waals surface area (Å²) in [6.07, 6.45) is 3.80. The van der Waals surface area contributed by atoms with Crippen LogP contribution in [0.2, 0.25) is 0 Å². The lowest BCUT2D eigenvalue weighted by Gasteiger charge is -2.26. The third kappa shape index (κ3) is 5.67. The number of hydrogen-bond acceptors (Lipinski definition) is 7. The molecule has 0 N–H and O–H groups in total. The molecule has 0 aliphatic carbocycles. The summed E-state index contributed by atoms with van der Waals surface area (Å²) in [5.41, 5.74) is 9.84. The lowest BCUT2D eigenvalue weighted by atomic mass is 9.98. The topological polar surface area (TPSA) is 81.1 Å². The largest absolute Gasteiger partial charge is 0.438 e. The van der Waals surface area contributed by atoms with Gasteiger partial charge >= 0.3 is 0 Å². The summed E-state index contributed by atoms with van der Waals surface area (Å²) in [6.45, 7) is 0. The van der Waals surface area contributed by atoms with Crippen molar-refractivity contribution in [2.75, 3.05) is 4.90 Å². The number of hydrogen-bond donors (Lipinski definition) is 0. The van der Waals surface area contributed by atoms with Crippen LogP contribution in [0.25, 0.3) is 99.6 Å². The molecule has 0 bridgehead atoms. The molecule has 8 aromatic carbocycles. The van der Waals surface area contributed by atoms with Gasteiger partial charge in [0, 0.05) is 56.9 Å². The van der Waals surface area contributed by atoms with Crippen molar-refractivity contribution < 1.29 is 8.83 Å². The zero-order valence-corrected chi connectivity index (χ0v) is 31.5. The zero-order valence-electron chi connectivity index (χ0n) is 31.5. The third-order valence-electron chi connectivity index (χ3n) is 11.2. The van der Waals surface area contributed by atoms with E-state index in [2.05, 4.69) is 126 Å². The first-order valence-electron chi connectivity index (χ1n) is 19.5. The molecule has 0 aliphatic heterocycles. The van der Waals surface area contributed by atoms with Crippen LogP contribution in [0, 0.1) is 0 Å². The van der Waals surface area contributed by atoms with Crippen molar-refractivity contribution in [3.63, 3.8) is 0 Å². The summed E-state index contributed by atoms with van der Waals surface area (Å²) in [5.74, 6) is 1.20. The van der Waals surface area contributed by atoms with E-state index in [4.69, 9.17) is 28.8 Å². The van der Waals surface area contributed by atoms with E-state index in [-0.39, 0.29) is 0 Å². The maximum atomic E-state index is 6.11. The second-order valence-corrected chi connectivity index (χ2v) is 14.8. The van der Waals surface area contributed by atoms with E-state index in [9.17, 15) is 0 Å². The Morgan fingerprint density at radius 1 is 0.390 bits per heavy atom. The molecular formula is C52H31N5O2. The second-order valence-electron chi connectivity index (χ2n) is 14.8. The molecule has 4 aromatic heterocycles. The van der Waals surface area contributed by atoms with E-state index < -0.39 is 0 Å². The number of nitrogens with zero attached hydrogens (tertiary/aromatic N) is 5. The molecule has 7 nitrogen and oxygen atoms in total. The van der Waals surface area contributed by atoms with Crippen LogP contribution >= 0.6 is 0 Å². The van der Waals surface area contributed by atoms with Crippen molar-refractivity contribution in [3.05, 3.63) is 188 Å². The van der Waals surface area contributed by atoms with Gasteiger partial charge in [-0.25, -0.2) is 9.97 Å². The van der Waals surface area contributed by atoms with Crippen LogP contribution < -0.4 is 4.90 Å². The Morgan fingerprint density at radius 2 is 1.05 bits per heavy atom. The van der Waals surface area contributed by atoms with Crippen LogP contribution in [0.1, 0.15) is 0 Å². The highest BCUT2D eigenvalue weighted by Gasteiger charge is 2.17. The van der Waals surface area contributed by atoms with Crippen LogP contribution in [-0.4, -0.2) is 19.9 Å². The monoisotopic (exact) mass is 757 g/mol. The highest BCUT2D eigenvalue weighted by molar-refractivity contribution is 6.10. The van der Waals surface area contributed by atoms with Gasteiger partial charge in [0.15, 0.2) is 11.4 Å². The fourth-order valence-corrected chi connectivity index (χ4v) is 8.20. The molecule has 4 heterocycles. The molecular weight excluding hydrogens is 727 g/mol. The highest BCUT2D eigenvalue weighted by atomic mass is 16.3. The van der Waals surface area contributed by atoms with Crippen molar-refractivity contribution in [2.24, 2.45) is 0 Å². The normalized spacial score (nSPS) is 11.7. The molecule has 0 amide bonds. The van der Waals surface area contributed by atoms with Crippen LogP contribution in [0.4, 0.5) is 17.1 Å². The van der Waals surface area contributed by atoms with Gasteiger partial charge in [-0.3, -0.25) is 4.98 Å². The smallest absolute Gasteiger partial charge is 0.230 e. The Balaban J connectivity index is 0.929. The number of furan rings is 1. The van der Waals surface area contributed by atoms with E-state index in [1.54, 1.807) is 0 Å². The van der Waals surface area contributed by atoms with Gasteiger partial charge < -0.3 is 13.7 Å². The standard InChI is InChI=1S/C52H31N5O2/c1-2-8-38-30-53-47(29-34(38)7-1)37-19-25-42-35(27-37)13-14-36-28-41(24-26-43(36)42)57(40-22-17-33(18-23-40)51-55-46-10-4-6-12-49(46)59-51)39-20-15-32(16-21-39)50-54-31-45-44-9-3-5-11-48(44)58-52(45)56-50/h1-31H. The van der Waals surface area contributed by atoms with Gasteiger partial charge in [-0.2, -0.15) is 4.98 Å². The molecule has 0 unspecified atom stereocenters. The van der Waals surface area contributed by atoms with Crippen molar-refractivity contribution in [2.45, 2.75) is 0 Å². The molecule has 0 spiro atoms. The second kappa shape index (κ2) is 13.2. The summed E-state index contributed by atoms with van der Waals surface area (Å²) < 4.78 is 12.2. The fourth-order valence-electron chi connectivity index (χ4n) is 8.20. The summed E-state index contributed by atoms with van der Waals surface area (Å²) in [7, 11) is 0. The first kappa shape index (κ1) is 33.0. The van der Waals surface area contributed by atoms with Gasteiger partial charge in [-0.1, -0.05) is 84.9 Å². The van der Waals surface area contributed by atoms with Crippen LogP contribution in [-0.2, 0) is 0 Å². The molecule has 0 aliphatic rings. The summed E-state index contributed by atoms with van der Waals surface area (Å²) >= 11 is 0. The number of pyridine rings is 1. The maximum absolute atomic E-state index is 6.11. The SMILES string of the molecule is c1ccc2cc(-c3ccc4c(ccc5cc(N(c6ccc(-c7ncc8c(n7)oc7ccccc78)cc6)c6ccc(-c7nc8ccccc8o7)cc6)ccc54)c3)ncc2c1. The van der Waals surface area contributed by atoms with Gasteiger partial charge in [0.25, 0.3) is 0 Å². The average molecular weight is 758 g/mol. The first-order valence-corrected chi connectivity index (χ1v) is 19.5. The Morgan fingerprint density at radius 3 is 1.86 bits per heavy atom. The van der Waals surface area contributed by atoms with Crippen LogP contribution in [0.3, 0.4) is 0 Å². The molecule has 0 fully saturated rings. The predicted molar refractivity (Wildman–Crippen MR) is 238 cm³/mol. The van der Waals surface area contributed by atoms with E-state index in [0.29, 0.717) is 17.4 Å². The molecule has 59 heavy (non-hydrogen) atoms. The molecule has 0 saturated heterocycles. The number of anilines is 3. The van der Waals surface area contributed by atoms with Crippen molar-refractivity contribution in [3.8, 4) is 34.1 Å². The van der Waals surface area contributed by atoms with E-state index in [1.807, 2.05) is 67.0 Å². The Kier molecular flexibility index (Phi) is 7.40. The number of fused-ring (bicyclic) bond motifs is 8. The van der Waals surface area contributed by atoms with E-state index in [1.165, 1.54) is 21.5 Å². The average Bonchev–Trinajstić information content (AvgIpc) is 3.91. The molecule has 12 rings (SSSR count). The Bertz CT molecular complexity index is 3540. The quantitative estimate of drug-likeness (QED) is 0.156. The highest BCUT2D eigenvalue weighted by Crippen LogP contribution is 2.40. The molecule has 0 atom stereocenters. The fraction of sp³-hybridized carbons (Fsp3) is 0. The number of rotatable bonds is 6. The van der Waals surface area contributed by atoms with Gasteiger partial charge in [0.2, 0.25) is 11.6 Å². The predicted octanol–water partition coefficient (Wildman–Crippen LogP) is 13.8. The Hall–Kier alpha value is -8.16. The van der Waals surface area contributed by atoms with Crippen LogP contribution in [0.5, 0.6) is 0 Å². The van der Waals surface area contributed by atoms with Gasteiger partial charge in [-0.05, 0) is 118 Å². The van der Waals surface area contributed by atoms with E-state index >= 15 is 0 Å². The Labute approximate surface area is 337 Å².